The molecule has 0 unspecified atom stereocenters. The minimum Gasteiger partial charge on any atom is -0.166 e. The predicted octanol–water partition coefficient (Wildman–Crippen LogP) is 3.24. The van der Waals surface area contributed by atoms with Crippen molar-refractivity contribution in [3.05, 3.63) is 42.5 Å². The lowest BCUT2D eigenvalue weighted by molar-refractivity contribution is 0.733. The lowest BCUT2D eigenvalue weighted by atomic mass is 10.1. The molecule has 0 N–H and O–H groups in total. The summed E-state index contributed by atoms with van der Waals surface area (Å²) in [6.07, 6.45) is 0. The zero-order chi connectivity index (χ0) is 10.7. The lowest BCUT2D eigenvalue weighted by Gasteiger charge is -2.07. The highest BCUT2D eigenvalue weighted by Crippen LogP contribution is 2.11. The summed E-state index contributed by atoms with van der Waals surface area (Å²) in [5.74, 6) is 0.843. The summed E-state index contributed by atoms with van der Waals surface area (Å²) < 4.78 is 3.04. The molecule has 0 amide bonds. The maximum Gasteiger partial charge on any atom is 0.410 e. The summed E-state index contributed by atoms with van der Waals surface area (Å²) in [6.45, 7) is 4.64. The summed E-state index contributed by atoms with van der Waals surface area (Å²) in [6, 6.07) is 15.5. The number of fused-ring (bicyclic) bond motifs is 1. The number of hydrogen-bond donors (Lipinski definition) is 0. The lowest BCUT2D eigenvalue weighted by Crippen LogP contribution is -2.16. The molecule has 2 aromatic rings. The van der Waals surface area contributed by atoms with E-state index in [1.54, 1.807) is 3.69 Å². The van der Waals surface area contributed by atoms with Crippen LogP contribution in [0.3, 0.4) is 0 Å². The molecular weight excluding hydrogens is 192 g/mol. The molecule has 0 fully saturated rings. The third kappa shape index (κ3) is 2.73. The van der Waals surface area contributed by atoms with Gasteiger partial charge < -0.3 is 0 Å². The smallest absolute Gasteiger partial charge is 0.166 e. The zero-order valence-electron chi connectivity index (χ0n) is 9.53. The molecule has 0 bridgehead atoms. The molecule has 2 aromatic carbocycles. The maximum absolute atomic E-state index is 2.32. The number of rotatable bonds is 3. The standard InChI is InChI=1S/C10H7.C4H9.Mg/c1-2-6-10-8-4-3-7-9(10)5-1;1-4(2)3;/h1-7H;4H,1H2,2-3H3;. The first kappa shape index (κ1) is 11.0. The van der Waals surface area contributed by atoms with Crippen molar-refractivity contribution in [1.29, 1.82) is 0 Å². The molecule has 1 heteroatoms. The largest absolute Gasteiger partial charge is 0.410 e. The fraction of sp³-hybridized carbons (Fsp3) is 0.286. The first-order valence-electron chi connectivity index (χ1n) is 5.74. The highest BCUT2D eigenvalue weighted by molar-refractivity contribution is 6.57. The highest BCUT2D eigenvalue weighted by atomic mass is 24.5. The van der Waals surface area contributed by atoms with E-state index in [9.17, 15) is 0 Å². The Balaban J connectivity index is 2.34. The quantitative estimate of drug-likeness (QED) is 0.680. The van der Waals surface area contributed by atoms with E-state index in [2.05, 4.69) is 56.3 Å². The Kier molecular flexibility index (Phi) is 3.65. The average Bonchev–Trinajstić information content (AvgIpc) is 2.26. The Bertz CT molecular complexity index is 441. The van der Waals surface area contributed by atoms with Crippen LogP contribution in [0.2, 0.25) is 4.55 Å². The van der Waals surface area contributed by atoms with Crippen molar-refractivity contribution in [3.8, 4) is 0 Å². The van der Waals surface area contributed by atoms with E-state index >= 15 is 0 Å². The van der Waals surface area contributed by atoms with Gasteiger partial charge in [-0.15, -0.1) is 4.55 Å². The van der Waals surface area contributed by atoms with Crippen LogP contribution in [-0.2, 0) is 0 Å². The average molecular weight is 209 g/mol. The second-order valence-corrected chi connectivity index (χ2v) is 6.41. The van der Waals surface area contributed by atoms with E-state index in [1.807, 2.05) is 0 Å². The molecule has 15 heavy (non-hydrogen) atoms. The molecule has 0 atom stereocenters. The molecule has 0 aliphatic rings. The van der Waals surface area contributed by atoms with Crippen LogP contribution in [0.4, 0.5) is 0 Å². The van der Waals surface area contributed by atoms with Crippen LogP contribution in [0.1, 0.15) is 13.8 Å². The van der Waals surface area contributed by atoms with E-state index in [0.29, 0.717) is 0 Å². The number of hydrogen-bond acceptors (Lipinski definition) is 0. The first-order chi connectivity index (χ1) is 7.27. The zero-order valence-corrected chi connectivity index (χ0v) is 10.9. The third-order valence-corrected chi connectivity index (χ3v) is 5.47. The van der Waals surface area contributed by atoms with Crippen molar-refractivity contribution in [2.24, 2.45) is 5.92 Å². The van der Waals surface area contributed by atoms with Gasteiger partial charge in [-0.25, -0.2) is 0 Å². The highest BCUT2D eigenvalue weighted by Gasteiger charge is 2.05. The van der Waals surface area contributed by atoms with Crippen LogP contribution in [-0.4, -0.2) is 20.4 Å². The molecule has 0 heterocycles. The van der Waals surface area contributed by atoms with Crippen LogP contribution < -0.4 is 3.69 Å². The SMILES string of the molecule is CC(C)[CH2][Mg][c]1cccc2ccccc12. The molecule has 0 nitrogen and oxygen atoms in total. The monoisotopic (exact) mass is 208 g/mol. The van der Waals surface area contributed by atoms with Crippen molar-refractivity contribution in [2.75, 3.05) is 0 Å². The van der Waals surface area contributed by atoms with Gasteiger partial charge in [0.25, 0.3) is 0 Å². The second-order valence-electron chi connectivity index (χ2n) is 4.57. The summed E-state index contributed by atoms with van der Waals surface area (Å²) in [5, 5.41) is 2.87. The van der Waals surface area contributed by atoms with Crippen molar-refractivity contribution in [3.63, 3.8) is 0 Å². The summed E-state index contributed by atoms with van der Waals surface area (Å²) in [7, 11) is 0. The molecule has 2 rings (SSSR count). The van der Waals surface area contributed by atoms with Crippen LogP contribution in [0.5, 0.6) is 0 Å². The van der Waals surface area contributed by atoms with Crippen molar-refractivity contribution in [2.45, 2.75) is 18.4 Å². The molecule has 0 aromatic heterocycles. The van der Waals surface area contributed by atoms with E-state index in [0.717, 1.165) is 5.92 Å². The summed E-state index contributed by atoms with van der Waals surface area (Å²) in [4.78, 5) is 0. The van der Waals surface area contributed by atoms with Crippen molar-refractivity contribution >= 4 is 34.8 Å². The Hall–Kier alpha value is -0.534. The van der Waals surface area contributed by atoms with Gasteiger partial charge in [-0.05, 0) is 10.8 Å². The van der Waals surface area contributed by atoms with Gasteiger partial charge in [0.15, 0.2) is 0 Å². The Morgan fingerprint density at radius 2 is 1.73 bits per heavy atom. The summed E-state index contributed by atoms with van der Waals surface area (Å²) >= 11 is -0.0808. The van der Waals surface area contributed by atoms with Gasteiger partial charge in [0.1, 0.15) is 0 Å². The van der Waals surface area contributed by atoms with Gasteiger partial charge in [0, 0.05) is 0 Å². The third-order valence-electron chi connectivity index (χ3n) is 2.87. The molecule has 0 radical (unpaired) electrons. The van der Waals surface area contributed by atoms with Crippen LogP contribution in [0.25, 0.3) is 10.8 Å². The predicted molar refractivity (Wildman–Crippen MR) is 69.0 cm³/mol. The fourth-order valence-electron chi connectivity index (χ4n) is 1.95. The van der Waals surface area contributed by atoms with Gasteiger partial charge in [0.05, 0.1) is 0 Å². The van der Waals surface area contributed by atoms with Crippen molar-refractivity contribution in [1.82, 2.24) is 0 Å². The maximum atomic E-state index is 2.32. The van der Waals surface area contributed by atoms with Crippen molar-refractivity contribution < 1.29 is 0 Å². The summed E-state index contributed by atoms with van der Waals surface area (Å²) in [5.41, 5.74) is 0. The Morgan fingerprint density at radius 1 is 1.00 bits per heavy atom. The normalized spacial score (nSPS) is 10.6. The van der Waals surface area contributed by atoms with Gasteiger partial charge in [-0.1, -0.05) is 62.2 Å². The van der Waals surface area contributed by atoms with Gasteiger partial charge in [-0.3, -0.25) is 0 Å². The number of benzene rings is 2. The van der Waals surface area contributed by atoms with Crippen LogP contribution in [0, 0.1) is 5.92 Å². The van der Waals surface area contributed by atoms with Crippen LogP contribution in [0.15, 0.2) is 42.5 Å². The molecule has 0 aliphatic carbocycles. The molecule has 0 saturated heterocycles. The molecule has 0 saturated carbocycles. The Morgan fingerprint density at radius 3 is 2.53 bits per heavy atom. The Labute approximate surface area is 101 Å². The fourth-order valence-corrected chi connectivity index (χ4v) is 3.74. The minimum atomic E-state index is -0.0808. The van der Waals surface area contributed by atoms with E-state index in [1.165, 1.54) is 15.3 Å². The van der Waals surface area contributed by atoms with E-state index in [-0.39, 0.29) is 20.4 Å². The van der Waals surface area contributed by atoms with E-state index < -0.39 is 0 Å². The van der Waals surface area contributed by atoms with Gasteiger partial charge in [-0.2, -0.15) is 3.69 Å². The minimum absolute atomic E-state index is 0.0808. The van der Waals surface area contributed by atoms with Gasteiger partial charge >= 0.3 is 20.4 Å². The van der Waals surface area contributed by atoms with Gasteiger partial charge in [0.2, 0.25) is 0 Å². The molecule has 0 spiro atoms. The van der Waals surface area contributed by atoms with Crippen LogP contribution >= 0.6 is 0 Å². The molecule has 74 valence electrons. The molecule has 0 aliphatic heterocycles. The van der Waals surface area contributed by atoms with E-state index in [4.69, 9.17) is 0 Å². The topological polar surface area (TPSA) is 0 Å². The molecular formula is C14H16Mg. The first-order valence-corrected chi connectivity index (χ1v) is 7.44. The second kappa shape index (κ2) is 5.00.